The maximum atomic E-state index is 14.1. The van der Waals surface area contributed by atoms with Crippen LogP contribution in [0.3, 0.4) is 0 Å². The molecule has 0 unspecified atom stereocenters. The Morgan fingerprint density at radius 3 is 2.56 bits per heavy atom. The number of phenols is 1. The average molecular weight is 438 g/mol. The van der Waals surface area contributed by atoms with Crippen LogP contribution in [0.25, 0.3) is 16.6 Å². The van der Waals surface area contributed by atoms with Gasteiger partial charge >= 0.3 is 5.97 Å². The number of ether oxygens (including phenoxy) is 1. The molecule has 168 valence electrons. The number of hydrogen-bond acceptors (Lipinski definition) is 3. The van der Waals surface area contributed by atoms with Gasteiger partial charge in [-0.15, -0.1) is 0 Å². The van der Waals surface area contributed by atoms with Crippen LogP contribution < -0.4 is 0 Å². The van der Waals surface area contributed by atoms with E-state index in [4.69, 9.17) is 4.74 Å². The second kappa shape index (κ2) is 7.93. The molecule has 0 atom stereocenters. The molecule has 2 aromatic carbocycles. The van der Waals surface area contributed by atoms with Crippen LogP contribution in [0.15, 0.2) is 36.4 Å². The number of aliphatic carboxylic acids is 1. The number of carboxylic acids is 1. The van der Waals surface area contributed by atoms with Gasteiger partial charge in [0.1, 0.15) is 11.6 Å². The first-order valence-corrected chi connectivity index (χ1v) is 11.3. The highest BCUT2D eigenvalue weighted by Crippen LogP contribution is 2.48. The van der Waals surface area contributed by atoms with E-state index in [1.807, 2.05) is 12.1 Å². The van der Waals surface area contributed by atoms with E-state index in [2.05, 4.69) is 4.57 Å². The van der Waals surface area contributed by atoms with E-state index in [1.54, 1.807) is 25.1 Å². The van der Waals surface area contributed by atoms with Crippen LogP contribution in [0.1, 0.15) is 54.8 Å². The summed E-state index contributed by atoms with van der Waals surface area (Å²) in [5.74, 6) is -0.650. The van der Waals surface area contributed by atoms with Crippen LogP contribution in [0.4, 0.5) is 4.39 Å². The number of carboxylic acid groups (broad SMARTS) is 1. The molecule has 5 nitrogen and oxygen atoms in total. The lowest BCUT2D eigenvalue weighted by atomic mass is 9.65. The Hall–Kier alpha value is -2.86. The zero-order valence-corrected chi connectivity index (χ0v) is 18.2. The summed E-state index contributed by atoms with van der Waals surface area (Å²) in [4.78, 5) is 12.2. The Balaban J connectivity index is 1.79. The van der Waals surface area contributed by atoms with Gasteiger partial charge < -0.3 is 19.5 Å². The molecule has 5 rings (SSSR count). The molecule has 2 N–H and O–H groups in total. The van der Waals surface area contributed by atoms with Crippen molar-refractivity contribution < 1.29 is 24.1 Å². The highest BCUT2D eigenvalue weighted by atomic mass is 19.1. The fraction of sp³-hybridized carbons (Fsp3) is 0.423. The second-order valence-electron chi connectivity index (χ2n) is 9.34. The molecule has 1 aromatic heterocycles. The molecule has 2 aliphatic rings. The fourth-order valence-corrected chi connectivity index (χ4v) is 5.40. The molecule has 2 heterocycles. The van der Waals surface area contributed by atoms with Crippen LogP contribution in [0.2, 0.25) is 0 Å². The van der Waals surface area contributed by atoms with E-state index in [1.165, 1.54) is 6.07 Å². The Morgan fingerprint density at radius 2 is 1.94 bits per heavy atom. The van der Waals surface area contributed by atoms with Gasteiger partial charge in [0.25, 0.3) is 0 Å². The summed E-state index contributed by atoms with van der Waals surface area (Å²) >= 11 is 0. The van der Waals surface area contributed by atoms with E-state index in [0.29, 0.717) is 38.0 Å². The van der Waals surface area contributed by atoms with Gasteiger partial charge in [0, 0.05) is 35.9 Å². The number of phenolic OH excluding ortho intramolecular Hbond substituents is 1. The number of rotatable bonds is 5. The zero-order valence-electron chi connectivity index (χ0n) is 18.2. The molecule has 3 aromatic rings. The Labute approximate surface area is 186 Å². The molecule has 1 aliphatic carbocycles. The third kappa shape index (κ3) is 3.37. The van der Waals surface area contributed by atoms with Gasteiger partial charge in [-0.2, -0.15) is 0 Å². The van der Waals surface area contributed by atoms with Gasteiger partial charge in [-0.3, -0.25) is 4.79 Å². The predicted molar refractivity (Wildman–Crippen MR) is 120 cm³/mol. The average Bonchev–Trinajstić information content (AvgIpc) is 3.06. The third-order valence-electron chi connectivity index (χ3n) is 7.38. The number of hydrogen-bond donors (Lipinski definition) is 2. The first-order chi connectivity index (χ1) is 15.4. The van der Waals surface area contributed by atoms with E-state index in [0.717, 1.165) is 47.1 Å². The van der Waals surface area contributed by atoms with Crippen LogP contribution >= 0.6 is 0 Å². The number of aromatic nitrogens is 1. The third-order valence-corrected chi connectivity index (χ3v) is 7.38. The van der Waals surface area contributed by atoms with Gasteiger partial charge in [-0.25, -0.2) is 4.39 Å². The molecule has 0 bridgehead atoms. The summed E-state index contributed by atoms with van der Waals surface area (Å²) in [6.45, 7) is 3.06. The van der Waals surface area contributed by atoms with Crippen LogP contribution in [-0.4, -0.2) is 34.0 Å². The highest BCUT2D eigenvalue weighted by molar-refractivity contribution is 5.90. The molecule has 2 fully saturated rings. The maximum Gasteiger partial charge on any atom is 0.309 e. The van der Waals surface area contributed by atoms with E-state index >= 15 is 0 Å². The number of nitrogens with zero attached hydrogens (tertiary/aromatic N) is 1. The molecular formula is C26H28FNO4. The van der Waals surface area contributed by atoms with E-state index in [-0.39, 0.29) is 17.5 Å². The first kappa shape index (κ1) is 21.0. The van der Waals surface area contributed by atoms with Gasteiger partial charge in [-0.05, 0) is 86.6 Å². The van der Waals surface area contributed by atoms with Crippen LogP contribution in [0, 0.1) is 18.2 Å². The molecule has 1 saturated heterocycles. The number of aryl methyl sites for hydroxylation is 1. The zero-order chi connectivity index (χ0) is 22.5. The highest BCUT2D eigenvalue weighted by Gasteiger charge is 2.46. The summed E-state index contributed by atoms with van der Waals surface area (Å²) in [6, 6.07) is 10.4. The lowest BCUT2D eigenvalue weighted by Gasteiger charge is -2.38. The van der Waals surface area contributed by atoms with Crippen molar-refractivity contribution in [3.8, 4) is 11.4 Å². The summed E-state index contributed by atoms with van der Waals surface area (Å²) in [6.07, 6.45) is 4.36. The number of fused-ring (bicyclic) bond motifs is 1. The van der Waals surface area contributed by atoms with Gasteiger partial charge in [0.15, 0.2) is 0 Å². The Bertz CT molecular complexity index is 1190. The van der Waals surface area contributed by atoms with Crippen LogP contribution in [0.5, 0.6) is 5.75 Å². The van der Waals surface area contributed by atoms with E-state index in [9.17, 15) is 19.4 Å². The maximum absolute atomic E-state index is 14.1. The van der Waals surface area contributed by atoms with Crippen molar-refractivity contribution in [1.82, 2.24) is 4.57 Å². The number of benzene rings is 2. The van der Waals surface area contributed by atoms with Crippen molar-refractivity contribution in [3.63, 3.8) is 0 Å². The second-order valence-corrected chi connectivity index (χ2v) is 9.34. The van der Waals surface area contributed by atoms with Crippen molar-refractivity contribution >= 4 is 16.9 Å². The molecule has 1 saturated carbocycles. The number of carbonyl (C=O) groups is 1. The molecule has 6 heteroatoms. The Kier molecular flexibility index (Phi) is 5.20. The SMILES string of the molecule is Cc1cc(-n2c(C3CCOCC3)c(CC3(C(=O)O)CCC3)c3cc(O)ccc32)ccc1F. The summed E-state index contributed by atoms with van der Waals surface area (Å²) in [7, 11) is 0. The minimum atomic E-state index is -0.761. The molecule has 32 heavy (non-hydrogen) atoms. The van der Waals surface area contributed by atoms with Gasteiger partial charge in [0.2, 0.25) is 0 Å². The summed E-state index contributed by atoms with van der Waals surface area (Å²) in [5.41, 5.74) is 3.63. The van der Waals surface area contributed by atoms with E-state index < -0.39 is 11.4 Å². The molecule has 0 amide bonds. The topological polar surface area (TPSA) is 71.7 Å². The monoisotopic (exact) mass is 437 g/mol. The smallest absolute Gasteiger partial charge is 0.309 e. The van der Waals surface area contributed by atoms with Gasteiger partial charge in [-0.1, -0.05) is 6.42 Å². The molecule has 1 aliphatic heterocycles. The van der Waals surface area contributed by atoms with Crippen LogP contribution in [-0.2, 0) is 16.0 Å². The van der Waals surface area contributed by atoms with Crippen molar-refractivity contribution in [2.75, 3.05) is 13.2 Å². The normalized spacial score (nSPS) is 18.6. The van der Waals surface area contributed by atoms with Crippen molar-refractivity contribution in [2.24, 2.45) is 5.41 Å². The Morgan fingerprint density at radius 1 is 1.19 bits per heavy atom. The number of halogens is 1. The summed E-state index contributed by atoms with van der Waals surface area (Å²) in [5, 5.41) is 21.2. The quantitative estimate of drug-likeness (QED) is 0.555. The summed E-state index contributed by atoms with van der Waals surface area (Å²) < 4.78 is 21.8. The standard InChI is InChI=1S/C26H28FNO4/c1-16-13-18(3-5-22(16)27)28-23-6-4-19(29)14-20(23)21(15-26(25(30)31)9-2-10-26)24(28)17-7-11-32-12-8-17/h3-6,13-14,17,29H,2,7-12,15H2,1H3,(H,30,31). The fourth-order valence-electron chi connectivity index (χ4n) is 5.40. The largest absolute Gasteiger partial charge is 0.508 e. The predicted octanol–water partition coefficient (Wildman–Crippen LogP) is 5.48. The van der Waals surface area contributed by atoms with Crippen molar-refractivity contribution in [3.05, 3.63) is 59.0 Å². The minimum absolute atomic E-state index is 0.155. The number of aromatic hydroxyl groups is 1. The van der Waals surface area contributed by atoms with Gasteiger partial charge in [0.05, 0.1) is 10.9 Å². The minimum Gasteiger partial charge on any atom is -0.508 e. The molecule has 0 spiro atoms. The first-order valence-electron chi connectivity index (χ1n) is 11.3. The molecular weight excluding hydrogens is 409 g/mol. The lowest BCUT2D eigenvalue weighted by molar-refractivity contribution is -0.154. The van der Waals surface area contributed by atoms with Crippen molar-refractivity contribution in [1.29, 1.82) is 0 Å². The lowest BCUT2D eigenvalue weighted by Crippen LogP contribution is -2.40. The van der Waals surface area contributed by atoms with Crippen molar-refractivity contribution in [2.45, 2.75) is 51.4 Å². The molecule has 0 radical (unpaired) electrons.